The van der Waals surface area contributed by atoms with Gasteiger partial charge in [-0.05, 0) is 51.3 Å². The van der Waals surface area contributed by atoms with Crippen LogP contribution in [-0.4, -0.2) is 10.8 Å². The molecule has 20 heavy (non-hydrogen) atoms. The number of amides is 1. The maximum Gasteiger partial charge on any atom is 0.258 e. The minimum atomic E-state index is -0.514. The van der Waals surface area contributed by atoms with Gasteiger partial charge in [-0.1, -0.05) is 12.1 Å². The van der Waals surface area contributed by atoms with Crippen LogP contribution in [0.3, 0.4) is 0 Å². The van der Waals surface area contributed by atoms with Crippen molar-refractivity contribution in [3.05, 3.63) is 63.4 Å². The molecular weight excluding hydrogens is 323 g/mol. The second kappa shape index (κ2) is 4.90. The van der Waals surface area contributed by atoms with Crippen LogP contribution in [0.5, 0.6) is 0 Å². The molecule has 1 heterocycles. The van der Waals surface area contributed by atoms with Crippen molar-refractivity contribution in [3.63, 3.8) is 0 Å². The fourth-order valence-corrected chi connectivity index (χ4v) is 2.93. The number of anilines is 1. The van der Waals surface area contributed by atoms with E-state index in [-0.39, 0.29) is 11.5 Å². The zero-order valence-corrected chi connectivity index (χ0v) is 12.2. The molecule has 2 aromatic carbocycles. The Bertz CT molecular complexity index is 682. The normalized spacial score (nSPS) is 13.4. The number of benzene rings is 2. The quantitative estimate of drug-likeness (QED) is 0.813. The summed E-state index contributed by atoms with van der Waals surface area (Å²) in [5.41, 5.74) is 8.56. The van der Waals surface area contributed by atoms with Crippen molar-refractivity contribution in [2.75, 3.05) is 5.73 Å². The van der Waals surface area contributed by atoms with Gasteiger partial charge in [-0.15, -0.1) is 0 Å². The van der Waals surface area contributed by atoms with E-state index in [1.165, 1.54) is 6.07 Å². The van der Waals surface area contributed by atoms with Gasteiger partial charge in [0.15, 0.2) is 0 Å². The van der Waals surface area contributed by atoms with Gasteiger partial charge < -0.3 is 10.6 Å². The monoisotopic (exact) mass is 334 g/mol. The summed E-state index contributed by atoms with van der Waals surface area (Å²) in [5, 5.41) is 0. The highest BCUT2D eigenvalue weighted by atomic mass is 79.9. The van der Waals surface area contributed by atoms with Crippen LogP contribution in [0, 0.1) is 5.82 Å². The Kier molecular flexibility index (Phi) is 3.22. The highest BCUT2D eigenvalue weighted by Crippen LogP contribution is 2.28. The minimum Gasteiger partial charge on any atom is -0.399 e. The average Bonchev–Trinajstić information content (AvgIpc) is 2.81. The molecule has 0 saturated heterocycles. The van der Waals surface area contributed by atoms with Gasteiger partial charge in [0.05, 0.1) is 5.56 Å². The Labute approximate surface area is 124 Å². The molecule has 5 heteroatoms. The van der Waals surface area contributed by atoms with Crippen LogP contribution in [0.2, 0.25) is 0 Å². The number of carbonyl (C=O) groups is 1. The number of nitrogens with two attached hydrogens (primary N) is 1. The van der Waals surface area contributed by atoms with Crippen molar-refractivity contribution in [1.82, 2.24) is 4.90 Å². The lowest BCUT2D eigenvalue weighted by Crippen LogP contribution is -2.26. The van der Waals surface area contributed by atoms with E-state index in [1.54, 1.807) is 17.0 Å². The van der Waals surface area contributed by atoms with Gasteiger partial charge in [0.25, 0.3) is 5.91 Å². The van der Waals surface area contributed by atoms with E-state index < -0.39 is 5.82 Å². The molecule has 0 aromatic heterocycles. The second-order valence-electron chi connectivity index (χ2n) is 4.79. The molecule has 0 atom stereocenters. The topological polar surface area (TPSA) is 46.3 Å². The first-order chi connectivity index (χ1) is 9.56. The molecule has 1 aliphatic heterocycles. The van der Waals surface area contributed by atoms with E-state index in [0.29, 0.717) is 23.2 Å². The van der Waals surface area contributed by atoms with E-state index in [2.05, 4.69) is 15.9 Å². The van der Waals surface area contributed by atoms with E-state index in [1.807, 2.05) is 18.2 Å². The smallest absolute Gasteiger partial charge is 0.258 e. The van der Waals surface area contributed by atoms with Gasteiger partial charge >= 0.3 is 0 Å². The Morgan fingerprint density at radius 3 is 2.70 bits per heavy atom. The molecule has 102 valence electrons. The standard InChI is InChI=1S/C15H12BrFN2O/c16-12-2-1-3-13(17)14(12)15(20)19-7-9-4-5-11(18)6-10(9)8-19/h1-6H,7-8,18H2. The molecule has 3 rings (SSSR count). The van der Waals surface area contributed by atoms with Crippen LogP contribution in [0.25, 0.3) is 0 Å². The van der Waals surface area contributed by atoms with Gasteiger partial charge in [0.2, 0.25) is 0 Å². The van der Waals surface area contributed by atoms with Crippen molar-refractivity contribution in [1.29, 1.82) is 0 Å². The highest BCUT2D eigenvalue weighted by Gasteiger charge is 2.27. The van der Waals surface area contributed by atoms with Gasteiger partial charge in [0, 0.05) is 23.2 Å². The van der Waals surface area contributed by atoms with Crippen molar-refractivity contribution < 1.29 is 9.18 Å². The fourth-order valence-electron chi connectivity index (χ4n) is 2.42. The van der Waals surface area contributed by atoms with Crippen LogP contribution in [0.1, 0.15) is 21.5 Å². The summed E-state index contributed by atoms with van der Waals surface area (Å²) >= 11 is 3.23. The SMILES string of the molecule is Nc1ccc2c(c1)CN(C(=O)c1c(F)cccc1Br)C2. The summed E-state index contributed by atoms with van der Waals surface area (Å²) < 4.78 is 14.3. The lowest BCUT2D eigenvalue weighted by Gasteiger charge is -2.16. The number of carbonyl (C=O) groups excluding carboxylic acids is 1. The first kappa shape index (κ1) is 13.1. The van der Waals surface area contributed by atoms with Gasteiger partial charge in [0.1, 0.15) is 5.82 Å². The zero-order valence-electron chi connectivity index (χ0n) is 10.6. The second-order valence-corrected chi connectivity index (χ2v) is 5.64. The lowest BCUT2D eigenvalue weighted by atomic mass is 10.1. The van der Waals surface area contributed by atoms with Crippen molar-refractivity contribution >= 4 is 27.5 Å². The van der Waals surface area contributed by atoms with Crippen molar-refractivity contribution in [3.8, 4) is 0 Å². The molecule has 0 fully saturated rings. The lowest BCUT2D eigenvalue weighted by molar-refractivity contribution is 0.0745. The van der Waals surface area contributed by atoms with Crippen molar-refractivity contribution in [2.24, 2.45) is 0 Å². The molecule has 1 aliphatic rings. The van der Waals surface area contributed by atoms with Crippen LogP contribution in [0.4, 0.5) is 10.1 Å². The third-order valence-corrected chi connectivity index (χ3v) is 4.08. The number of nitrogens with zero attached hydrogens (tertiary/aromatic N) is 1. The number of fused-ring (bicyclic) bond motifs is 1. The third-order valence-electron chi connectivity index (χ3n) is 3.42. The third kappa shape index (κ3) is 2.18. The number of nitrogen functional groups attached to an aromatic ring is 1. The summed E-state index contributed by atoms with van der Waals surface area (Å²) in [4.78, 5) is 14.1. The predicted octanol–water partition coefficient (Wildman–Crippen LogP) is 3.33. The largest absolute Gasteiger partial charge is 0.399 e. The fraction of sp³-hybridized carbons (Fsp3) is 0.133. The van der Waals surface area contributed by atoms with Gasteiger partial charge in [-0.2, -0.15) is 0 Å². The van der Waals surface area contributed by atoms with Gasteiger partial charge in [-0.25, -0.2) is 4.39 Å². The summed E-state index contributed by atoms with van der Waals surface area (Å²) in [5.74, 6) is -0.829. The Balaban J connectivity index is 1.91. The molecule has 2 aromatic rings. The molecule has 0 unspecified atom stereocenters. The Morgan fingerprint density at radius 2 is 1.95 bits per heavy atom. The number of hydrogen-bond acceptors (Lipinski definition) is 2. The summed E-state index contributed by atoms with van der Waals surface area (Å²) in [7, 11) is 0. The van der Waals surface area contributed by atoms with E-state index in [0.717, 1.165) is 11.1 Å². The van der Waals surface area contributed by atoms with E-state index in [9.17, 15) is 9.18 Å². The van der Waals surface area contributed by atoms with Crippen LogP contribution in [-0.2, 0) is 13.1 Å². The van der Waals surface area contributed by atoms with Gasteiger partial charge in [-0.3, -0.25) is 4.79 Å². The van der Waals surface area contributed by atoms with E-state index in [4.69, 9.17) is 5.73 Å². The number of halogens is 2. The van der Waals surface area contributed by atoms with Crippen LogP contribution in [0.15, 0.2) is 40.9 Å². The first-order valence-electron chi connectivity index (χ1n) is 6.17. The zero-order chi connectivity index (χ0) is 14.3. The number of rotatable bonds is 1. The van der Waals surface area contributed by atoms with E-state index >= 15 is 0 Å². The summed E-state index contributed by atoms with van der Waals surface area (Å²) in [6, 6.07) is 10.1. The summed E-state index contributed by atoms with van der Waals surface area (Å²) in [6.07, 6.45) is 0. The molecule has 2 N–H and O–H groups in total. The predicted molar refractivity (Wildman–Crippen MR) is 78.5 cm³/mol. The Hall–Kier alpha value is -1.88. The molecule has 1 amide bonds. The molecule has 0 radical (unpaired) electrons. The first-order valence-corrected chi connectivity index (χ1v) is 6.96. The number of hydrogen-bond donors (Lipinski definition) is 1. The maximum absolute atomic E-state index is 13.8. The molecule has 3 nitrogen and oxygen atoms in total. The van der Waals surface area contributed by atoms with Crippen molar-refractivity contribution in [2.45, 2.75) is 13.1 Å². The summed E-state index contributed by atoms with van der Waals surface area (Å²) in [6.45, 7) is 0.940. The van der Waals surface area contributed by atoms with Crippen LogP contribution < -0.4 is 5.73 Å². The maximum atomic E-state index is 13.8. The Morgan fingerprint density at radius 1 is 1.20 bits per heavy atom. The molecular formula is C15H12BrFN2O. The minimum absolute atomic E-state index is 0.0771. The molecule has 0 bridgehead atoms. The molecule has 0 spiro atoms. The average molecular weight is 335 g/mol. The van der Waals surface area contributed by atoms with Crippen LogP contribution >= 0.6 is 15.9 Å². The molecule has 0 saturated carbocycles. The molecule has 0 aliphatic carbocycles. The highest BCUT2D eigenvalue weighted by molar-refractivity contribution is 9.10.